The molecule has 1 amide bonds. The van der Waals surface area contributed by atoms with Crippen molar-refractivity contribution in [3.63, 3.8) is 0 Å². The second-order valence-corrected chi connectivity index (χ2v) is 7.17. The molecule has 0 bridgehead atoms. The molecule has 2 aliphatic rings. The van der Waals surface area contributed by atoms with Crippen LogP contribution in [-0.2, 0) is 6.18 Å². The molecule has 1 unspecified atom stereocenters. The van der Waals surface area contributed by atoms with E-state index in [2.05, 4.69) is 17.3 Å². The Morgan fingerprint density at radius 3 is 2.42 bits per heavy atom. The molecule has 0 spiro atoms. The minimum Gasteiger partial charge on any atom is -0.352 e. The van der Waals surface area contributed by atoms with E-state index in [-0.39, 0.29) is 5.91 Å². The van der Waals surface area contributed by atoms with Crippen molar-refractivity contribution in [2.75, 3.05) is 26.7 Å². The molecular formula is C20H19F3N2O. The van der Waals surface area contributed by atoms with Gasteiger partial charge in [0.1, 0.15) is 0 Å². The number of carbonyl (C=O) groups is 1. The lowest BCUT2D eigenvalue weighted by atomic mass is 9.86. The van der Waals surface area contributed by atoms with Gasteiger partial charge in [0.25, 0.3) is 5.91 Å². The highest BCUT2D eigenvalue weighted by Gasteiger charge is 2.36. The summed E-state index contributed by atoms with van der Waals surface area (Å²) in [7, 11) is 2.08. The first-order valence-corrected chi connectivity index (χ1v) is 8.61. The second kappa shape index (κ2) is 6.13. The van der Waals surface area contributed by atoms with Gasteiger partial charge in [-0.25, -0.2) is 0 Å². The topological polar surface area (TPSA) is 32.3 Å². The van der Waals surface area contributed by atoms with Gasteiger partial charge in [-0.15, -0.1) is 0 Å². The minimum absolute atomic E-state index is 0.106. The van der Waals surface area contributed by atoms with Crippen molar-refractivity contribution in [1.82, 2.24) is 10.2 Å². The van der Waals surface area contributed by atoms with E-state index in [4.69, 9.17) is 0 Å². The van der Waals surface area contributed by atoms with Gasteiger partial charge in [-0.3, -0.25) is 4.79 Å². The van der Waals surface area contributed by atoms with Crippen molar-refractivity contribution < 1.29 is 18.0 Å². The molecule has 2 aromatic rings. The Balaban J connectivity index is 1.71. The number of alkyl halides is 3. The van der Waals surface area contributed by atoms with Crippen molar-refractivity contribution in [2.45, 2.75) is 12.1 Å². The number of amides is 1. The number of carbonyl (C=O) groups excluding carboxylic acids is 1. The largest absolute Gasteiger partial charge is 0.416 e. The molecule has 136 valence electrons. The maximum Gasteiger partial charge on any atom is 0.416 e. The van der Waals surface area contributed by atoms with Gasteiger partial charge in [-0.1, -0.05) is 24.3 Å². The number of halogens is 3. The third-order valence-corrected chi connectivity index (χ3v) is 5.39. The molecule has 0 saturated carbocycles. The molecule has 0 aliphatic carbocycles. The van der Waals surface area contributed by atoms with Crippen molar-refractivity contribution in [3.05, 3.63) is 59.2 Å². The molecule has 26 heavy (non-hydrogen) atoms. The summed E-state index contributed by atoms with van der Waals surface area (Å²) in [5, 5.41) is 2.99. The molecule has 2 aliphatic heterocycles. The Labute approximate surface area is 149 Å². The number of hydrogen-bond donors (Lipinski definition) is 1. The number of hydrogen-bond acceptors (Lipinski definition) is 2. The van der Waals surface area contributed by atoms with Gasteiger partial charge in [-0.2, -0.15) is 13.2 Å². The summed E-state index contributed by atoms with van der Waals surface area (Å²) in [4.78, 5) is 14.8. The lowest BCUT2D eigenvalue weighted by Gasteiger charge is -2.17. The Morgan fingerprint density at radius 2 is 1.73 bits per heavy atom. The van der Waals surface area contributed by atoms with E-state index >= 15 is 0 Å². The van der Waals surface area contributed by atoms with Crippen LogP contribution in [0, 0.1) is 5.92 Å². The van der Waals surface area contributed by atoms with Crippen LogP contribution in [0.2, 0.25) is 0 Å². The van der Waals surface area contributed by atoms with Crippen LogP contribution in [0.4, 0.5) is 13.2 Å². The van der Waals surface area contributed by atoms with Crippen molar-refractivity contribution in [1.29, 1.82) is 0 Å². The fourth-order valence-electron chi connectivity index (χ4n) is 4.07. The average Bonchev–Trinajstić information content (AvgIpc) is 2.93. The van der Waals surface area contributed by atoms with E-state index < -0.39 is 11.7 Å². The van der Waals surface area contributed by atoms with Gasteiger partial charge in [0.05, 0.1) is 5.56 Å². The van der Waals surface area contributed by atoms with Crippen LogP contribution < -0.4 is 5.32 Å². The van der Waals surface area contributed by atoms with Gasteiger partial charge in [0.2, 0.25) is 0 Å². The maximum absolute atomic E-state index is 12.7. The van der Waals surface area contributed by atoms with Gasteiger partial charge in [0, 0.05) is 31.1 Å². The average molecular weight is 360 g/mol. The molecule has 1 saturated heterocycles. The third kappa shape index (κ3) is 2.98. The number of benzene rings is 2. The highest BCUT2D eigenvalue weighted by atomic mass is 19.4. The molecular weight excluding hydrogens is 341 g/mol. The van der Waals surface area contributed by atoms with Gasteiger partial charge >= 0.3 is 6.18 Å². The van der Waals surface area contributed by atoms with E-state index in [9.17, 15) is 18.0 Å². The van der Waals surface area contributed by atoms with E-state index in [1.807, 2.05) is 12.1 Å². The number of nitrogens with zero attached hydrogens (tertiary/aromatic N) is 1. The fourth-order valence-corrected chi connectivity index (χ4v) is 4.07. The molecule has 2 atom stereocenters. The zero-order valence-electron chi connectivity index (χ0n) is 14.3. The summed E-state index contributed by atoms with van der Waals surface area (Å²) in [5.74, 6) is 0.587. The summed E-state index contributed by atoms with van der Waals surface area (Å²) in [6.07, 6.45) is -4.35. The van der Waals surface area contributed by atoms with Crippen molar-refractivity contribution >= 4 is 5.91 Å². The Kier molecular flexibility index (Phi) is 4.03. The van der Waals surface area contributed by atoms with Crippen molar-refractivity contribution in [2.24, 2.45) is 5.92 Å². The Hall–Kier alpha value is -2.34. The highest BCUT2D eigenvalue weighted by Crippen LogP contribution is 2.37. The predicted octanol–water partition coefficient (Wildman–Crippen LogP) is 3.76. The molecule has 3 nitrogen and oxygen atoms in total. The van der Waals surface area contributed by atoms with E-state index in [0.29, 0.717) is 29.5 Å². The zero-order valence-corrected chi connectivity index (χ0v) is 14.3. The number of rotatable bonds is 1. The maximum atomic E-state index is 12.7. The van der Waals surface area contributed by atoms with Crippen molar-refractivity contribution in [3.8, 4) is 11.1 Å². The molecule has 6 heteroatoms. The Bertz CT molecular complexity index is 845. The normalized spacial score (nSPS) is 23.2. The third-order valence-electron chi connectivity index (χ3n) is 5.39. The predicted molar refractivity (Wildman–Crippen MR) is 92.9 cm³/mol. The summed E-state index contributed by atoms with van der Waals surface area (Å²) in [5.41, 5.74) is 2.40. The Morgan fingerprint density at radius 1 is 1.04 bits per heavy atom. The first-order valence-electron chi connectivity index (χ1n) is 8.61. The number of likely N-dealkylation sites (tertiary alicyclic amines) is 1. The summed E-state index contributed by atoms with van der Waals surface area (Å²) < 4.78 is 38.2. The summed E-state index contributed by atoms with van der Waals surface area (Å²) >= 11 is 0. The van der Waals surface area contributed by atoms with Crippen LogP contribution in [0.5, 0.6) is 0 Å². The molecule has 2 heterocycles. The van der Waals surface area contributed by atoms with Crippen LogP contribution in [0.3, 0.4) is 0 Å². The number of fused-ring (bicyclic) bond motifs is 3. The quantitative estimate of drug-likeness (QED) is 0.840. The molecule has 1 N–H and O–H groups in total. The first-order chi connectivity index (χ1) is 12.3. The lowest BCUT2D eigenvalue weighted by Crippen LogP contribution is -2.29. The monoisotopic (exact) mass is 360 g/mol. The lowest BCUT2D eigenvalue weighted by molar-refractivity contribution is -0.137. The molecule has 0 radical (unpaired) electrons. The smallest absolute Gasteiger partial charge is 0.352 e. The molecule has 4 rings (SSSR count). The highest BCUT2D eigenvalue weighted by molar-refractivity contribution is 5.97. The van der Waals surface area contributed by atoms with Crippen LogP contribution in [0.15, 0.2) is 42.5 Å². The van der Waals surface area contributed by atoms with E-state index in [1.54, 1.807) is 6.07 Å². The van der Waals surface area contributed by atoms with E-state index in [1.165, 1.54) is 12.1 Å². The number of likely N-dealkylation sites (N-methyl/N-ethyl adjacent to an activating group) is 1. The second-order valence-electron chi connectivity index (χ2n) is 7.17. The summed E-state index contributed by atoms with van der Waals surface area (Å²) in [6.45, 7) is 2.51. The molecule has 0 aromatic heterocycles. The van der Waals surface area contributed by atoms with Crippen LogP contribution in [-0.4, -0.2) is 37.5 Å². The van der Waals surface area contributed by atoms with Gasteiger partial charge in [-0.05, 0) is 47.9 Å². The van der Waals surface area contributed by atoms with Gasteiger partial charge < -0.3 is 10.2 Å². The summed E-state index contributed by atoms with van der Waals surface area (Å²) in [6, 6.07) is 10.7. The minimum atomic E-state index is -4.35. The molecule has 2 aromatic carbocycles. The zero-order chi connectivity index (χ0) is 18.5. The first kappa shape index (κ1) is 17.1. The number of nitrogens with one attached hydrogen (secondary N) is 1. The van der Waals surface area contributed by atoms with Crippen LogP contribution >= 0.6 is 0 Å². The molecule has 1 fully saturated rings. The van der Waals surface area contributed by atoms with E-state index in [0.717, 1.165) is 36.3 Å². The standard InChI is InChI=1S/C20H19F3N2O/c1-25-10-14-9-24-19(26)17-8-13(4-7-16(17)18(14)11-25)12-2-5-15(6-3-12)20(21,22)23/h2-8,14,18H,9-11H2,1H3,(H,24,26)/t14-,18?/m0/s1. The van der Waals surface area contributed by atoms with Crippen LogP contribution in [0.25, 0.3) is 11.1 Å². The SMILES string of the molecule is CN1CC2c3ccc(-c4ccc(C(F)(F)F)cc4)cc3C(=O)NC[C@H]2C1. The van der Waals surface area contributed by atoms with Gasteiger partial charge in [0.15, 0.2) is 0 Å². The fraction of sp³-hybridized carbons (Fsp3) is 0.350. The van der Waals surface area contributed by atoms with Crippen LogP contribution in [0.1, 0.15) is 27.4 Å².